The van der Waals surface area contributed by atoms with Gasteiger partial charge in [-0.15, -0.1) is 0 Å². The van der Waals surface area contributed by atoms with Gasteiger partial charge in [0, 0.05) is 19.3 Å². The molecule has 0 N–H and O–H groups in total. The van der Waals surface area contributed by atoms with Crippen LogP contribution in [0.15, 0.2) is 12.2 Å². The minimum Gasteiger partial charge on any atom is -0.463 e. The summed E-state index contributed by atoms with van der Waals surface area (Å²) in [5.74, 6) is -0.601. The van der Waals surface area contributed by atoms with Gasteiger partial charge in [-0.25, -0.2) is 0 Å². The molecule has 0 atom stereocenters. The Morgan fingerprint density at radius 1 is 0.839 bits per heavy atom. The third-order valence-electron chi connectivity index (χ3n) is 5.89. The second kappa shape index (κ2) is 16.0. The van der Waals surface area contributed by atoms with E-state index in [4.69, 9.17) is 4.74 Å². The Kier molecular flexibility index (Phi) is 14.2. The van der Waals surface area contributed by atoms with E-state index in [2.05, 4.69) is 19.1 Å². The maximum absolute atomic E-state index is 12.0. The quantitative estimate of drug-likeness (QED) is 0.107. The zero-order valence-corrected chi connectivity index (χ0v) is 20.3. The number of hydrogen-bond donors (Lipinski definition) is 0. The first-order valence-electron chi connectivity index (χ1n) is 12.5. The average molecular weight is 436 g/mol. The van der Waals surface area contributed by atoms with Gasteiger partial charge in [0.15, 0.2) is 0 Å². The molecule has 1 saturated heterocycles. The van der Waals surface area contributed by atoms with Crippen molar-refractivity contribution in [3.05, 3.63) is 12.2 Å². The summed E-state index contributed by atoms with van der Waals surface area (Å²) in [6.07, 6.45) is 21.5. The highest BCUT2D eigenvalue weighted by Crippen LogP contribution is 2.24. The van der Waals surface area contributed by atoms with Gasteiger partial charge in [0.2, 0.25) is 11.8 Å². The summed E-state index contributed by atoms with van der Waals surface area (Å²) in [6.45, 7) is 5.85. The SMILES string of the molecule is CCCCCCCC/C=C/CCCCCCCC(=O)OCC(C)(C)N1C(=O)CCC1=O. The van der Waals surface area contributed by atoms with Crippen molar-refractivity contribution in [3.63, 3.8) is 0 Å². The number of rotatable bonds is 18. The Hall–Kier alpha value is -1.65. The molecule has 1 rings (SSSR count). The number of amides is 2. The van der Waals surface area contributed by atoms with Crippen LogP contribution in [0.4, 0.5) is 0 Å². The number of carbonyl (C=O) groups is 3. The molecule has 0 aromatic heterocycles. The molecule has 31 heavy (non-hydrogen) atoms. The van der Waals surface area contributed by atoms with Crippen molar-refractivity contribution >= 4 is 17.8 Å². The summed E-state index contributed by atoms with van der Waals surface area (Å²) < 4.78 is 5.34. The van der Waals surface area contributed by atoms with Crippen molar-refractivity contribution < 1.29 is 19.1 Å². The van der Waals surface area contributed by atoms with Crippen LogP contribution in [-0.2, 0) is 19.1 Å². The molecular weight excluding hydrogens is 390 g/mol. The van der Waals surface area contributed by atoms with E-state index in [0.717, 1.165) is 25.7 Å². The minimum atomic E-state index is -0.775. The van der Waals surface area contributed by atoms with Crippen molar-refractivity contribution in [1.29, 1.82) is 0 Å². The van der Waals surface area contributed by atoms with E-state index in [9.17, 15) is 14.4 Å². The number of hydrogen-bond acceptors (Lipinski definition) is 4. The zero-order chi connectivity index (χ0) is 23.0. The lowest BCUT2D eigenvalue weighted by Gasteiger charge is -2.33. The number of likely N-dealkylation sites (tertiary alicyclic amines) is 1. The predicted octanol–water partition coefficient (Wildman–Crippen LogP) is 6.49. The number of unbranched alkanes of at least 4 members (excludes halogenated alkanes) is 11. The van der Waals surface area contributed by atoms with Crippen molar-refractivity contribution in [2.45, 2.75) is 129 Å². The number of esters is 1. The molecule has 1 heterocycles. The zero-order valence-electron chi connectivity index (χ0n) is 20.3. The Morgan fingerprint density at radius 3 is 1.87 bits per heavy atom. The molecule has 1 fully saturated rings. The highest BCUT2D eigenvalue weighted by Gasteiger charge is 2.40. The third kappa shape index (κ3) is 12.1. The Bertz CT molecular complexity index is 552. The summed E-state index contributed by atoms with van der Waals surface area (Å²) in [6, 6.07) is 0. The Labute approximate surface area is 190 Å². The number of imide groups is 1. The molecule has 0 saturated carbocycles. The van der Waals surface area contributed by atoms with Gasteiger partial charge in [0.25, 0.3) is 0 Å². The predicted molar refractivity (Wildman–Crippen MR) is 126 cm³/mol. The number of allylic oxidation sites excluding steroid dienone is 2. The van der Waals surface area contributed by atoms with Crippen LogP contribution in [-0.4, -0.2) is 34.8 Å². The normalized spacial score (nSPS) is 14.7. The topological polar surface area (TPSA) is 63.7 Å². The number of nitrogens with zero attached hydrogens (tertiary/aromatic N) is 1. The van der Waals surface area contributed by atoms with Gasteiger partial charge in [0.1, 0.15) is 6.61 Å². The van der Waals surface area contributed by atoms with Crippen LogP contribution in [0.5, 0.6) is 0 Å². The lowest BCUT2D eigenvalue weighted by molar-refractivity contribution is -0.155. The molecule has 0 unspecified atom stereocenters. The minimum absolute atomic E-state index is 0.0639. The third-order valence-corrected chi connectivity index (χ3v) is 5.89. The summed E-state index contributed by atoms with van der Waals surface area (Å²) in [4.78, 5) is 37.0. The Morgan fingerprint density at radius 2 is 1.32 bits per heavy atom. The smallest absolute Gasteiger partial charge is 0.305 e. The van der Waals surface area contributed by atoms with E-state index in [1.54, 1.807) is 13.8 Å². The largest absolute Gasteiger partial charge is 0.463 e. The van der Waals surface area contributed by atoms with Crippen LogP contribution in [0.2, 0.25) is 0 Å². The molecule has 0 aromatic carbocycles. The molecule has 0 radical (unpaired) electrons. The van der Waals surface area contributed by atoms with Crippen molar-refractivity contribution in [3.8, 4) is 0 Å². The molecule has 1 aliphatic heterocycles. The van der Waals surface area contributed by atoms with Crippen molar-refractivity contribution in [1.82, 2.24) is 4.90 Å². The standard InChI is InChI=1S/C26H45NO4/c1-4-5-6-7-8-9-10-11-12-13-14-15-16-17-18-19-25(30)31-22-26(2,3)27-23(28)20-21-24(27)29/h11-12H,4-10,13-22H2,1-3H3/b12-11+. The maximum Gasteiger partial charge on any atom is 0.305 e. The van der Waals surface area contributed by atoms with Crippen LogP contribution in [0.25, 0.3) is 0 Å². The van der Waals surface area contributed by atoms with Gasteiger partial charge in [0.05, 0.1) is 5.54 Å². The van der Waals surface area contributed by atoms with Gasteiger partial charge < -0.3 is 4.74 Å². The van der Waals surface area contributed by atoms with Gasteiger partial charge in [-0.05, 0) is 46.0 Å². The fraction of sp³-hybridized carbons (Fsp3) is 0.808. The van der Waals surface area contributed by atoms with Crippen LogP contribution >= 0.6 is 0 Å². The molecule has 5 nitrogen and oxygen atoms in total. The lowest BCUT2D eigenvalue weighted by atomic mass is 10.0. The van der Waals surface area contributed by atoms with Crippen molar-refractivity contribution in [2.75, 3.05) is 6.61 Å². The first-order valence-corrected chi connectivity index (χ1v) is 12.5. The van der Waals surface area contributed by atoms with Gasteiger partial charge >= 0.3 is 5.97 Å². The highest BCUT2D eigenvalue weighted by atomic mass is 16.5. The van der Waals surface area contributed by atoms with Gasteiger partial charge in [-0.3, -0.25) is 19.3 Å². The van der Waals surface area contributed by atoms with Crippen LogP contribution in [0, 0.1) is 0 Å². The summed E-state index contributed by atoms with van der Waals surface area (Å²) >= 11 is 0. The molecule has 5 heteroatoms. The van der Waals surface area contributed by atoms with E-state index in [-0.39, 0.29) is 37.2 Å². The number of carbonyl (C=O) groups excluding carboxylic acids is 3. The molecule has 0 aromatic rings. The lowest BCUT2D eigenvalue weighted by Crippen LogP contribution is -2.50. The van der Waals surface area contributed by atoms with E-state index in [1.165, 1.54) is 62.7 Å². The first-order chi connectivity index (χ1) is 14.9. The number of ether oxygens (including phenoxy) is 1. The molecule has 0 spiro atoms. The summed E-state index contributed by atoms with van der Waals surface area (Å²) in [5.41, 5.74) is -0.775. The average Bonchev–Trinajstić information content (AvgIpc) is 3.08. The molecule has 1 aliphatic rings. The maximum atomic E-state index is 12.0. The Balaban J connectivity index is 1.96. The fourth-order valence-electron chi connectivity index (χ4n) is 3.99. The molecule has 178 valence electrons. The van der Waals surface area contributed by atoms with Gasteiger partial charge in [-0.1, -0.05) is 70.4 Å². The van der Waals surface area contributed by atoms with Gasteiger partial charge in [-0.2, -0.15) is 0 Å². The second-order valence-electron chi connectivity index (χ2n) is 9.43. The van der Waals surface area contributed by atoms with E-state index < -0.39 is 5.54 Å². The van der Waals surface area contributed by atoms with E-state index in [0.29, 0.717) is 6.42 Å². The van der Waals surface area contributed by atoms with Crippen LogP contribution in [0.1, 0.15) is 124 Å². The fourth-order valence-corrected chi connectivity index (χ4v) is 3.99. The molecule has 0 bridgehead atoms. The molecule has 0 aliphatic carbocycles. The second-order valence-corrected chi connectivity index (χ2v) is 9.43. The van der Waals surface area contributed by atoms with E-state index in [1.807, 2.05) is 0 Å². The first kappa shape index (κ1) is 27.4. The van der Waals surface area contributed by atoms with Crippen molar-refractivity contribution in [2.24, 2.45) is 0 Å². The molecule has 2 amide bonds. The van der Waals surface area contributed by atoms with Crippen LogP contribution < -0.4 is 0 Å². The summed E-state index contributed by atoms with van der Waals surface area (Å²) in [5, 5.41) is 0. The van der Waals surface area contributed by atoms with E-state index >= 15 is 0 Å². The summed E-state index contributed by atoms with van der Waals surface area (Å²) in [7, 11) is 0. The monoisotopic (exact) mass is 435 g/mol. The molecular formula is C26H45NO4. The highest BCUT2D eigenvalue weighted by molar-refractivity contribution is 6.02. The van der Waals surface area contributed by atoms with Crippen LogP contribution in [0.3, 0.4) is 0 Å².